The molecule has 2 rings (SSSR count). The van der Waals surface area contributed by atoms with Crippen LogP contribution in [0.5, 0.6) is 5.75 Å². The lowest BCUT2D eigenvalue weighted by Gasteiger charge is -2.31. The van der Waals surface area contributed by atoms with Gasteiger partial charge in [0.1, 0.15) is 5.75 Å². The lowest BCUT2D eigenvalue weighted by Crippen LogP contribution is -2.42. The van der Waals surface area contributed by atoms with E-state index in [0.717, 1.165) is 0 Å². The lowest BCUT2D eigenvalue weighted by molar-refractivity contribution is -0.125. The number of aryl methyl sites for hydroxylation is 2. The molecule has 0 atom stereocenters. The van der Waals surface area contributed by atoms with Gasteiger partial charge in [0.05, 0.1) is 12.0 Å². The van der Waals surface area contributed by atoms with Crippen molar-refractivity contribution in [2.24, 2.45) is 5.92 Å². The molecule has 23 heavy (non-hydrogen) atoms. The molecule has 1 amide bonds. The monoisotopic (exact) mass is 340 g/mol. The molecule has 1 heterocycles. The third-order valence-electron chi connectivity index (χ3n) is 4.34. The minimum atomic E-state index is -3.56. The Kier molecular flexibility index (Phi) is 5.31. The third kappa shape index (κ3) is 3.50. The van der Waals surface area contributed by atoms with Crippen molar-refractivity contribution in [2.75, 3.05) is 27.2 Å². The number of nitrogens with zero attached hydrogens (tertiary/aromatic N) is 1. The number of sulfonamides is 1. The van der Waals surface area contributed by atoms with Crippen LogP contribution in [0.15, 0.2) is 17.0 Å². The van der Waals surface area contributed by atoms with Crippen molar-refractivity contribution in [3.63, 3.8) is 0 Å². The average molecular weight is 340 g/mol. The minimum absolute atomic E-state index is 0.0149. The Labute approximate surface area is 137 Å². The largest absolute Gasteiger partial charge is 0.497 e. The second-order valence-electron chi connectivity index (χ2n) is 5.88. The Morgan fingerprint density at radius 3 is 2.17 bits per heavy atom. The van der Waals surface area contributed by atoms with Gasteiger partial charge in [-0.05, 0) is 49.9 Å². The van der Waals surface area contributed by atoms with Crippen molar-refractivity contribution in [1.82, 2.24) is 9.62 Å². The number of methoxy groups -OCH3 is 1. The maximum atomic E-state index is 13.0. The van der Waals surface area contributed by atoms with Crippen LogP contribution in [-0.4, -0.2) is 45.9 Å². The van der Waals surface area contributed by atoms with E-state index in [9.17, 15) is 13.2 Å². The molecular weight excluding hydrogens is 316 g/mol. The fourth-order valence-electron chi connectivity index (χ4n) is 3.13. The Bertz CT molecular complexity index is 669. The van der Waals surface area contributed by atoms with Gasteiger partial charge < -0.3 is 10.1 Å². The Balaban J connectivity index is 2.25. The zero-order chi connectivity index (χ0) is 17.2. The van der Waals surface area contributed by atoms with Gasteiger partial charge in [-0.15, -0.1) is 0 Å². The minimum Gasteiger partial charge on any atom is -0.497 e. The van der Waals surface area contributed by atoms with E-state index in [4.69, 9.17) is 4.74 Å². The number of piperidine rings is 1. The molecule has 1 aliphatic rings. The topological polar surface area (TPSA) is 75.7 Å². The third-order valence-corrected chi connectivity index (χ3v) is 6.54. The molecule has 0 spiro atoms. The predicted molar refractivity (Wildman–Crippen MR) is 88.0 cm³/mol. The number of hydrogen-bond acceptors (Lipinski definition) is 4. The second kappa shape index (κ2) is 6.88. The van der Waals surface area contributed by atoms with Crippen LogP contribution in [0.2, 0.25) is 0 Å². The smallest absolute Gasteiger partial charge is 0.243 e. The van der Waals surface area contributed by atoms with E-state index in [-0.39, 0.29) is 11.8 Å². The molecule has 0 bridgehead atoms. The van der Waals surface area contributed by atoms with Crippen molar-refractivity contribution < 1.29 is 17.9 Å². The van der Waals surface area contributed by atoms with E-state index in [1.54, 1.807) is 40.1 Å². The summed E-state index contributed by atoms with van der Waals surface area (Å²) in [6, 6.07) is 3.47. The summed E-state index contributed by atoms with van der Waals surface area (Å²) in [7, 11) is -0.390. The van der Waals surface area contributed by atoms with Crippen LogP contribution in [0.4, 0.5) is 0 Å². The van der Waals surface area contributed by atoms with E-state index < -0.39 is 10.0 Å². The van der Waals surface area contributed by atoms with Crippen LogP contribution in [0.1, 0.15) is 24.0 Å². The van der Waals surface area contributed by atoms with Crippen LogP contribution in [0.25, 0.3) is 0 Å². The summed E-state index contributed by atoms with van der Waals surface area (Å²) in [5.74, 6) is 0.528. The van der Waals surface area contributed by atoms with Crippen LogP contribution < -0.4 is 10.1 Å². The summed E-state index contributed by atoms with van der Waals surface area (Å²) in [6.07, 6.45) is 1.10. The van der Waals surface area contributed by atoms with Crippen molar-refractivity contribution in [1.29, 1.82) is 0 Å². The van der Waals surface area contributed by atoms with Crippen molar-refractivity contribution in [3.05, 3.63) is 23.3 Å². The van der Waals surface area contributed by atoms with Crippen LogP contribution in [0.3, 0.4) is 0 Å². The lowest BCUT2D eigenvalue weighted by atomic mass is 9.97. The number of nitrogens with one attached hydrogen (secondary N) is 1. The molecule has 7 heteroatoms. The maximum Gasteiger partial charge on any atom is 0.243 e. The number of carbonyl (C=O) groups excluding carboxylic acids is 1. The quantitative estimate of drug-likeness (QED) is 0.900. The second-order valence-corrected chi connectivity index (χ2v) is 7.76. The van der Waals surface area contributed by atoms with E-state index >= 15 is 0 Å². The molecule has 0 aliphatic carbocycles. The number of ether oxygens (including phenoxy) is 1. The number of rotatable bonds is 4. The summed E-state index contributed by atoms with van der Waals surface area (Å²) in [4.78, 5) is 12.0. The SMILES string of the molecule is CNC(=O)C1CCN(S(=O)(=O)c2c(C)cc(OC)cc2C)CC1. The molecule has 1 aromatic carbocycles. The Hall–Kier alpha value is -1.60. The van der Waals surface area contributed by atoms with E-state index in [1.165, 1.54) is 4.31 Å². The number of amides is 1. The number of benzene rings is 1. The van der Waals surface area contributed by atoms with Gasteiger partial charge in [-0.3, -0.25) is 4.79 Å². The predicted octanol–water partition coefficient (Wildman–Crippen LogP) is 1.46. The van der Waals surface area contributed by atoms with Crippen molar-refractivity contribution in [3.8, 4) is 5.75 Å². The molecule has 1 aromatic rings. The molecule has 0 saturated carbocycles. The molecule has 0 unspecified atom stereocenters. The van der Waals surface area contributed by atoms with Gasteiger partial charge in [0.2, 0.25) is 15.9 Å². The van der Waals surface area contributed by atoms with Gasteiger partial charge in [0.25, 0.3) is 0 Å². The Morgan fingerprint density at radius 2 is 1.74 bits per heavy atom. The van der Waals surface area contributed by atoms with E-state index in [0.29, 0.717) is 47.7 Å². The average Bonchev–Trinajstić information content (AvgIpc) is 2.53. The summed E-state index contributed by atoms with van der Waals surface area (Å²) < 4.78 is 32.6. The summed E-state index contributed by atoms with van der Waals surface area (Å²) >= 11 is 0. The highest BCUT2D eigenvalue weighted by Gasteiger charge is 2.33. The fourth-order valence-corrected chi connectivity index (χ4v) is 5.01. The first kappa shape index (κ1) is 17.7. The normalized spacial score (nSPS) is 17.0. The van der Waals surface area contributed by atoms with Crippen LogP contribution in [0, 0.1) is 19.8 Å². The zero-order valence-electron chi connectivity index (χ0n) is 14.0. The van der Waals surface area contributed by atoms with Crippen molar-refractivity contribution in [2.45, 2.75) is 31.6 Å². The van der Waals surface area contributed by atoms with Gasteiger partial charge in [0, 0.05) is 26.1 Å². The maximum absolute atomic E-state index is 13.0. The zero-order valence-corrected chi connectivity index (χ0v) is 14.9. The van der Waals surface area contributed by atoms with Gasteiger partial charge in [-0.25, -0.2) is 8.42 Å². The standard InChI is InChI=1S/C16H24N2O4S/c1-11-9-14(22-4)10-12(2)15(11)23(20,21)18-7-5-13(6-8-18)16(19)17-3/h9-10,13H,5-8H2,1-4H3,(H,17,19). The number of carbonyl (C=O) groups is 1. The van der Waals surface area contributed by atoms with Gasteiger partial charge in [-0.2, -0.15) is 4.31 Å². The van der Waals surface area contributed by atoms with Gasteiger partial charge in [-0.1, -0.05) is 0 Å². The molecule has 0 radical (unpaired) electrons. The summed E-state index contributed by atoms with van der Waals surface area (Å²) in [6.45, 7) is 4.29. The molecule has 128 valence electrons. The molecule has 1 aliphatic heterocycles. The van der Waals surface area contributed by atoms with Gasteiger partial charge >= 0.3 is 0 Å². The first-order chi connectivity index (χ1) is 10.8. The summed E-state index contributed by atoms with van der Waals surface area (Å²) in [5.41, 5.74) is 1.35. The molecule has 1 fully saturated rings. The molecule has 0 aromatic heterocycles. The van der Waals surface area contributed by atoms with Crippen LogP contribution >= 0.6 is 0 Å². The Morgan fingerprint density at radius 1 is 1.22 bits per heavy atom. The summed E-state index contributed by atoms with van der Waals surface area (Å²) in [5, 5.41) is 2.63. The molecule has 1 N–H and O–H groups in total. The number of hydrogen-bond donors (Lipinski definition) is 1. The van der Waals surface area contributed by atoms with Crippen molar-refractivity contribution >= 4 is 15.9 Å². The molecule has 6 nitrogen and oxygen atoms in total. The highest BCUT2D eigenvalue weighted by Crippen LogP contribution is 2.30. The highest BCUT2D eigenvalue weighted by molar-refractivity contribution is 7.89. The van der Waals surface area contributed by atoms with Gasteiger partial charge in [0.15, 0.2) is 0 Å². The van der Waals surface area contributed by atoms with Crippen LogP contribution in [-0.2, 0) is 14.8 Å². The molecule has 1 saturated heterocycles. The molecular formula is C16H24N2O4S. The van der Waals surface area contributed by atoms with E-state index in [2.05, 4.69) is 5.32 Å². The fraction of sp³-hybridized carbons (Fsp3) is 0.562. The first-order valence-electron chi connectivity index (χ1n) is 7.68. The first-order valence-corrected chi connectivity index (χ1v) is 9.12. The highest BCUT2D eigenvalue weighted by atomic mass is 32.2. The van der Waals surface area contributed by atoms with E-state index in [1.807, 2.05) is 0 Å².